The maximum absolute atomic E-state index is 12.8. The summed E-state index contributed by atoms with van der Waals surface area (Å²) in [7, 11) is 0. The minimum absolute atomic E-state index is 0.0364. The monoisotopic (exact) mass is 329 g/mol. The Balaban J connectivity index is 1.87. The molecule has 0 aromatic carbocycles. The predicted molar refractivity (Wildman–Crippen MR) is 86.6 cm³/mol. The van der Waals surface area contributed by atoms with Gasteiger partial charge in [0.05, 0.1) is 12.1 Å². The first kappa shape index (κ1) is 16.0. The highest BCUT2D eigenvalue weighted by Gasteiger charge is 2.34. The number of rotatable bonds is 3. The van der Waals surface area contributed by atoms with E-state index in [1.54, 1.807) is 29.3 Å². The lowest BCUT2D eigenvalue weighted by atomic mass is 9.93. The molecule has 8 heteroatoms. The van der Waals surface area contributed by atoms with Crippen molar-refractivity contribution in [1.29, 1.82) is 0 Å². The number of pyridine rings is 1. The van der Waals surface area contributed by atoms with Crippen molar-refractivity contribution in [2.75, 3.05) is 12.3 Å². The van der Waals surface area contributed by atoms with Crippen LogP contribution in [0.2, 0.25) is 0 Å². The van der Waals surface area contributed by atoms with Crippen molar-refractivity contribution in [3.63, 3.8) is 0 Å². The molecule has 24 heavy (non-hydrogen) atoms. The second kappa shape index (κ2) is 6.31. The first-order valence-electron chi connectivity index (χ1n) is 7.77. The number of anilines is 1. The van der Waals surface area contributed by atoms with Crippen molar-refractivity contribution in [3.8, 4) is 5.82 Å². The number of carbonyl (C=O) groups is 2. The minimum atomic E-state index is -0.878. The number of aliphatic carboxylic acids is 1. The second-order valence-corrected chi connectivity index (χ2v) is 5.96. The standard InChI is InChI=1S/C16H19N5O3/c1-10-5-6-11(16(23)24)9-20(10)15(22)12-8-19-21(14(12)17)13-4-2-3-7-18-13/h2-4,7-8,10-11H,5-6,9,17H2,1H3,(H,23,24). The van der Waals surface area contributed by atoms with Gasteiger partial charge in [-0.15, -0.1) is 0 Å². The number of carboxylic acid groups (broad SMARTS) is 1. The lowest BCUT2D eigenvalue weighted by Crippen LogP contribution is -2.47. The van der Waals surface area contributed by atoms with E-state index < -0.39 is 11.9 Å². The van der Waals surface area contributed by atoms with Gasteiger partial charge in [-0.1, -0.05) is 6.07 Å². The highest BCUT2D eigenvalue weighted by atomic mass is 16.4. The number of aromatic nitrogens is 3. The summed E-state index contributed by atoms with van der Waals surface area (Å²) in [5.74, 6) is -1.00. The van der Waals surface area contributed by atoms with E-state index in [1.165, 1.54) is 10.9 Å². The van der Waals surface area contributed by atoms with E-state index in [0.29, 0.717) is 18.7 Å². The van der Waals surface area contributed by atoms with Gasteiger partial charge in [-0.3, -0.25) is 9.59 Å². The molecule has 0 saturated carbocycles. The van der Waals surface area contributed by atoms with Crippen LogP contribution in [0, 0.1) is 5.92 Å². The van der Waals surface area contributed by atoms with E-state index in [2.05, 4.69) is 10.1 Å². The van der Waals surface area contributed by atoms with Gasteiger partial charge in [0.2, 0.25) is 0 Å². The van der Waals surface area contributed by atoms with Gasteiger partial charge in [-0.05, 0) is 31.9 Å². The Labute approximate surface area is 138 Å². The van der Waals surface area contributed by atoms with Crippen LogP contribution in [0.3, 0.4) is 0 Å². The van der Waals surface area contributed by atoms with Crippen molar-refractivity contribution in [2.24, 2.45) is 5.92 Å². The zero-order chi connectivity index (χ0) is 17.3. The van der Waals surface area contributed by atoms with Gasteiger partial charge in [-0.25, -0.2) is 4.98 Å². The van der Waals surface area contributed by atoms with Crippen LogP contribution >= 0.6 is 0 Å². The fourth-order valence-electron chi connectivity index (χ4n) is 2.93. The number of carbonyl (C=O) groups excluding carboxylic acids is 1. The molecular weight excluding hydrogens is 310 g/mol. The largest absolute Gasteiger partial charge is 0.481 e. The van der Waals surface area contributed by atoms with Crippen molar-refractivity contribution in [2.45, 2.75) is 25.8 Å². The average molecular weight is 329 g/mol. The van der Waals surface area contributed by atoms with E-state index in [1.807, 2.05) is 6.92 Å². The van der Waals surface area contributed by atoms with Crippen molar-refractivity contribution >= 4 is 17.7 Å². The molecular formula is C16H19N5O3. The molecule has 2 unspecified atom stereocenters. The van der Waals surface area contributed by atoms with Gasteiger partial charge in [0.25, 0.3) is 5.91 Å². The molecule has 1 saturated heterocycles. The van der Waals surface area contributed by atoms with Gasteiger partial charge >= 0.3 is 5.97 Å². The summed E-state index contributed by atoms with van der Waals surface area (Å²) >= 11 is 0. The van der Waals surface area contributed by atoms with Crippen molar-refractivity contribution < 1.29 is 14.7 Å². The minimum Gasteiger partial charge on any atom is -0.481 e. The Morgan fingerprint density at radius 2 is 2.12 bits per heavy atom. The molecule has 3 heterocycles. The molecule has 3 rings (SSSR count). The van der Waals surface area contributed by atoms with Crippen LogP contribution in [0.4, 0.5) is 5.82 Å². The number of hydrogen-bond donors (Lipinski definition) is 2. The third-order valence-corrected chi connectivity index (χ3v) is 4.40. The zero-order valence-corrected chi connectivity index (χ0v) is 13.3. The Morgan fingerprint density at radius 1 is 1.33 bits per heavy atom. The van der Waals surface area contributed by atoms with Gasteiger partial charge in [0, 0.05) is 18.8 Å². The normalized spacial score (nSPS) is 20.8. The fraction of sp³-hybridized carbons (Fsp3) is 0.375. The highest BCUT2D eigenvalue weighted by molar-refractivity contribution is 5.99. The molecule has 1 aliphatic rings. The number of hydrogen-bond acceptors (Lipinski definition) is 5. The van der Waals surface area contributed by atoms with E-state index in [4.69, 9.17) is 5.73 Å². The number of nitrogens with two attached hydrogens (primary N) is 1. The number of carboxylic acids is 1. The SMILES string of the molecule is CC1CCC(C(=O)O)CN1C(=O)c1cnn(-c2ccccn2)c1N. The molecule has 2 aromatic rings. The van der Waals surface area contributed by atoms with Gasteiger partial charge in [-0.2, -0.15) is 9.78 Å². The number of nitrogen functional groups attached to an aromatic ring is 1. The fourth-order valence-corrected chi connectivity index (χ4v) is 2.93. The van der Waals surface area contributed by atoms with Gasteiger partial charge in [0.1, 0.15) is 11.4 Å². The lowest BCUT2D eigenvalue weighted by Gasteiger charge is -2.36. The Morgan fingerprint density at radius 3 is 2.79 bits per heavy atom. The molecule has 8 nitrogen and oxygen atoms in total. The number of likely N-dealkylation sites (tertiary alicyclic amines) is 1. The molecule has 1 aliphatic heterocycles. The summed E-state index contributed by atoms with van der Waals surface area (Å²) in [6.07, 6.45) is 4.24. The van der Waals surface area contributed by atoms with Gasteiger partial charge in [0.15, 0.2) is 5.82 Å². The molecule has 2 aromatic heterocycles. The van der Waals surface area contributed by atoms with Gasteiger partial charge < -0.3 is 15.7 Å². The third kappa shape index (κ3) is 2.82. The summed E-state index contributed by atoms with van der Waals surface area (Å²) in [6, 6.07) is 5.28. The number of piperidine rings is 1. The smallest absolute Gasteiger partial charge is 0.308 e. The quantitative estimate of drug-likeness (QED) is 0.874. The number of nitrogens with zero attached hydrogens (tertiary/aromatic N) is 4. The summed E-state index contributed by atoms with van der Waals surface area (Å²) < 4.78 is 1.40. The summed E-state index contributed by atoms with van der Waals surface area (Å²) in [5, 5.41) is 13.4. The molecule has 3 N–H and O–H groups in total. The van der Waals surface area contributed by atoms with Crippen molar-refractivity contribution in [3.05, 3.63) is 36.2 Å². The molecule has 126 valence electrons. The Hall–Kier alpha value is -2.90. The molecule has 0 aliphatic carbocycles. The number of amides is 1. The van der Waals surface area contributed by atoms with E-state index in [-0.39, 0.29) is 29.9 Å². The lowest BCUT2D eigenvalue weighted by molar-refractivity contribution is -0.143. The second-order valence-electron chi connectivity index (χ2n) is 5.96. The highest BCUT2D eigenvalue weighted by Crippen LogP contribution is 2.26. The van der Waals surface area contributed by atoms with Crippen LogP contribution in [-0.4, -0.2) is 49.2 Å². The predicted octanol–water partition coefficient (Wildman–Crippen LogP) is 1.17. The Kier molecular flexibility index (Phi) is 4.20. The van der Waals surface area contributed by atoms with E-state index in [0.717, 1.165) is 0 Å². The molecule has 0 bridgehead atoms. The van der Waals surface area contributed by atoms with E-state index >= 15 is 0 Å². The first-order chi connectivity index (χ1) is 11.5. The van der Waals surface area contributed by atoms with Crippen LogP contribution in [-0.2, 0) is 4.79 Å². The zero-order valence-electron chi connectivity index (χ0n) is 13.3. The maximum atomic E-state index is 12.8. The molecule has 0 spiro atoms. The van der Waals surface area contributed by atoms with Crippen LogP contribution in [0.25, 0.3) is 5.82 Å². The first-order valence-corrected chi connectivity index (χ1v) is 7.77. The van der Waals surface area contributed by atoms with Crippen molar-refractivity contribution in [1.82, 2.24) is 19.7 Å². The molecule has 1 fully saturated rings. The maximum Gasteiger partial charge on any atom is 0.308 e. The third-order valence-electron chi connectivity index (χ3n) is 4.40. The van der Waals surface area contributed by atoms with E-state index in [9.17, 15) is 14.7 Å². The van der Waals surface area contributed by atoms with Crippen LogP contribution in [0.15, 0.2) is 30.6 Å². The molecule has 0 radical (unpaired) electrons. The molecule has 2 atom stereocenters. The molecule has 1 amide bonds. The van der Waals surface area contributed by atoms with Crippen LogP contribution in [0.5, 0.6) is 0 Å². The summed E-state index contributed by atoms with van der Waals surface area (Å²) in [4.78, 5) is 29.8. The van der Waals surface area contributed by atoms with Crippen LogP contribution in [0.1, 0.15) is 30.1 Å². The topological polar surface area (TPSA) is 114 Å². The Bertz CT molecular complexity index is 758. The average Bonchev–Trinajstić information content (AvgIpc) is 2.97. The summed E-state index contributed by atoms with van der Waals surface area (Å²) in [5.41, 5.74) is 6.34. The van der Waals surface area contributed by atoms with Crippen LogP contribution < -0.4 is 5.73 Å². The summed E-state index contributed by atoms with van der Waals surface area (Å²) in [6.45, 7) is 2.10.